The summed E-state index contributed by atoms with van der Waals surface area (Å²) < 4.78 is 5.11. The minimum absolute atomic E-state index is 0.0843. The highest BCUT2D eigenvalue weighted by atomic mass is 16.5. The van der Waals surface area contributed by atoms with Crippen LogP contribution < -0.4 is 10.1 Å². The van der Waals surface area contributed by atoms with Crippen molar-refractivity contribution < 1.29 is 14.6 Å². The van der Waals surface area contributed by atoms with Crippen LogP contribution in [0, 0.1) is 11.3 Å². The molecular formula is C14H11N3O3. The van der Waals surface area contributed by atoms with E-state index in [1.807, 2.05) is 6.07 Å². The lowest BCUT2D eigenvalue weighted by atomic mass is 10.2. The summed E-state index contributed by atoms with van der Waals surface area (Å²) in [6.07, 6.45) is 1.41. The number of carbonyl (C=O) groups excluding carboxylic acids is 1. The van der Waals surface area contributed by atoms with E-state index in [1.54, 1.807) is 12.1 Å². The number of benzene rings is 1. The molecule has 2 rings (SSSR count). The molecular weight excluding hydrogens is 258 g/mol. The minimum Gasteiger partial charge on any atom is -0.505 e. The van der Waals surface area contributed by atoms with Gasteiger partial charge in [0.05, 0.1) is 24.4 Å². The molecule has 0 radical (unpaired) electrons. The number of hydrogen-bond donors (Lipinski definition) is 2. The molecule has 20 heavy (non-hydrogen) atoms. The first kappa shape index (κ1) is 13.4. The molecule has 1 amide bonds. The van der Waals surface area contributed by atoms with Gasteiger partial charge in [0.1, 0.15) is 11.5 Å². The lowest BCUT2D eigenvalue weighted by molar-refractivity contribution is 0.101. The van der Waals surface area contributed by atoms with Gasteiger partial charge in [0.15, 0.2) is 5.69 Å². The van der Waals surface area contributed by atoms with E-state index in [4.69, 9.17) is 10.00 Å². The van der Waals surface area contributed by atoms with Gasteiger partial charge >= 0.3 is 0 Å². The number of anilines is 1. The van der Waals surface area contributed by atoms with E-state index in [2.05, 4.69) is 10.3 Å². The summed E-state index contributed by atoms with van der Waals surface area (Å²) in [6, 6.07) is 9.48. The molecule has 0 saturated carbocycles. The quantitative estimate of drug-likeness (QED) is 0.887. The van der Waals surface area contributed by atoms with E-state index >= 15 is 0 Å². The van der Waals surface area contributed by atoms with E-state index < -0.39 is 5.91 Å². The number of nitrogens with one attached hydrogen (secondary N) is 1. The molecule has 2 aromatic rings. The van der Waals surface area contributed by atoms with Gasteiger partial charge in [-0.1, -0.05) is 0 Å². The first-order chi connectivity index (χ1) is 9.65. The van der Waals surface area contributed by atoms with Gasteiger partial charge < -0.3 is 15.2 Å². The molecule has 6 nitrogen and oxygen atoms in total. The Balaban J connectivity index is 2.29. The molecule has 0 spiro atoms. The maximum atomic E-state index is 12.0. The maximum Gasteiger partial charge on any atom is 0.278 e. The normalized spacial score (nSPS) is 9.60. The second-order valence-corrected chi connectivity index (χ2v) is 3.85. The molecule has 0 atom stereocenters. The smallest absolute Gasteiger partial charge is 0.278 e. The zero-order valence-corrected chi connectivity index (χ0v) is 10.6. The van der Waals surface area contributed by atoms with Crippen LogP contribution in [0.3, 0.4) is 0 Å². The zero-order valence-electron chi connectivity index (χ0n) is 10.6. The van der Waals surface area contributed by atoms with Crippen LogP contribution in [0.5, 0.6) is 11.5 Å². The van der Waals surface area contributed by atoms with Crippen LogP contribution in [-0.4, -0.2) is 23.1 Å². The van der Waals surface area contributed by atoms with Gasteiger partial charge in [-0.25, -0.2) is 4.98 Å². The zero-order chi connectivity index (χ0) is 14.5. The third-order valence-corrected chi connectivity index (χ3v) is 2.58. The molecule has 6 heteroatoms. The molecule has 0 unspecified atom stereocenters. The van der Waals surface area contributed by atoms with Crippen LogP contribution in [0.4, 0.5) is 5.69 Å². The summed E-state index contributed by atoms with van der Waals surface area (Å²) >= 11 is 0. The summed E-state index contributed by atoms with van der Waals surface area (Å²) in [5.41, 5.74) is 0.723. The summed E-state index contributed by atoms with van der Waals surface area (Å²) in [5, 5.41) is 21.0. The molecule has 1 aromatic carbocycles. The van der Waals surface area contributed by atoms with Crippen molar-refractivity contribution in [3.8, 4) is 17.6 Å². The Kier molecular flexibility index (Phi) is 3.82. The van der Waals surface area contributed by atoms with E-state index in [9.17, 15) is 9.90 Å². The minimum atomic E-state index is -0.564. The Morgan fingerprint density at radius 1 is 1.45 bits per heavy atom. The van der Waals surface area contributed by atoms with E-state index in [0.29, 0.717) is 17.0 Å². The largest absolute Gasteiger partial charge is 0.505 e. The van der Waals surface area contributed by atoms with Crippen molar-refractivity contribution in [3.05, 3.63) is 47.8 Å². The molecule has 100 valence electrons. The highest BCUT2D eigenvalue weighted by Crippen LogP contribution is 2.26. The Labute approximate surface area is 115 Å². The van der Waals surface area contributed by atoms with E-state index in [0.717, 1.165) is 0 Å². The standard InChI is InChI=1S/C14H11N3O3/c1-20-12-7-9(8-15)4-5-10(12)17-14(19)13-11(18)3-2-6-16-13/h2-7,18H,1H3,(H,17,19). The predicted octanol–water partition coefficient (Wildman–Crippen LogP) is 1.92. The lowest BCUT2D eigenvalue weighted by Gasteiger charge is -2.10. The molecule has 0 fully saturated rings. The number of methoxy groups -OCH3 is 1. The topological polar surface area (TPSA) is 95.2 Å². The van der Waals surface area contributed by atoms with Gasteiger partial charge in [-0.3, -0.25) is 4.79 Å². The molecule has 1 aromatic heterocycles. The third kappa shape index (κ3) is 2.67. The van der Waals surface area contributed by atoms with E-state index in [1.165, 1.54) is 31.5 Å². The van der Waals surface area contributed by atoms with Crippen LogP contribution in [0.15, 0.2) is 36.5 Å². The van der Waals surface area contributed by atoms with Gasteiger partial charge in [-0.15, -0.1) is 0 Å². The van der Waals surface area contributed by atoms with Crippen LogP contribution in [0.25, 0.3) is 0 Å². The number of hydrogen-bond acceptors (Lipinski definition) is 5. The fourth-order valence-corrected chi connectivity index (χ4v) is 1.62. The number of rotatable bonds is 3. The highest BCUT2D eigenvalue weighted by Gasteiger charge is 2.14. The molecule has 0 aliphatic rings. The van der Waals surface area contributed by atoms with Crippen LogP contribution >= 0.6 is 0 Å². The number of pyridine rings is 1. The van der Waals surface area contributed by atoms with Crippen molar-refractivity contribution in [1.82, 2.24) is 4.98 Å². The summed E-state index contributed by atoms with van der Waals surface area (Å²) in [7, 11) is 1.43. The van der Waals surface area contributed by atoms with Crippen LogP contribution in [0.2, 0.25) is 0 Å². The fraction of sp³-hybridized carbons (Fsp3) is 0.0714. The molecule has 0 aliphatic heterocycles. The van der Waals surface area contributed by atoms with Crippen molar-refractivity contribution in [2.24, 2.45) is 0 Å². The van der Waals surface area contributed by atoms with Crippen molar-refractivity contribution >= 4 is 11.6 Å². The Morgan fingerprint density at radius 3 is 2.90 bits per heavy atom. The van der Waals surface area contributed by atoms with Gasteiger partial charge in [-0.2, -0.15) is 5.26 Å². The molecule has 1 heterocycles. The average molecular weight is 269 g/mol. The van der Waals surface area contributed by atoms with E-state index in [-0.39, 0.29) is 11.4 Å². The van der Waals surface area contributed by atoms with Crippen molar-refractivity contribution in [2.75, 3.05) is 12.4 Å². The summed E-state index contributed by atoms with van der Waals surface area (Å²) in [4.78, 5) is 15.8. The molecule has 0 saturated heterocycles. The number of aromatic nitrogens is 1. The Morgan fingerprint density at radius 2 is 2.25 bits per heavy atom. The number of amides is 1. The fourth-order valence-electron chi connectivity index (χ4n) is 1.62. The van der Waals surface area contributed by atoms with Crippen LogP contribution in [0.1, 0.15) is 16.1 Å². The second-order valence-electron chi connectivity index (χ2n) is 3.85. The third-order valence-electron chi connectivity index (χ3n) is 2.58. The second kappa shape index (κ2) is 5.71. The first-order valence-electron chi connectivity index (χ1n) is 5.69. The lowest BCUT2D eigenvalue weighted by Crippen LogP contribution is -2.14. The highest BCUT2D eigenvalue weighted by molar-refractivity contribution is 6.05. The Hall–Kier alpha value is -3.07. The van der Waals surface area contributed by atoms with Gasteiger partial charge in [0.25, 0.3) is 5.91 Å². The van der Waals surface area contributed by atoms with Gasteiger partial charge in [0, 0.05) is 12.3 Å². The summed E-state index contributed by atoms with van der Waals surface area (Å²) in [5.74, 6) is -0.420. The SMILES string of the molecule is COc1cc(C#N)ccc1NC(=O)c1ncccc1O. The number of ether oxygens (including phenoxy) is 1. The van der Waals surface area contributed by atoms with Crippen molar-refractivity contribution in [1.29, 1.82) is 5.26 Å². The molecule has 0 bridgehead atoms. The number of aromatic hydroxyl groups is 1. The monoisotopic (exact) mass is 269 g/mol. The number of nitriles is 1. The maximum absolute atomic E-state index is 12.0. The van der Waals surface area contributed by atoms with Crippen LogP contribution in [-0.2, 0) is 0 Å². The Bertz CT molecular complexity index is 692. The molecule has 2 N–H and O–H groups in total. The number of nitrogens with zero attached hydrogens (tertiary/aromatic N) is 2. The van der Waals surface area contributed by atoms with Crippen molar-refractivity contribution in [2.45, 2.75) is 0 Å². The van der Waals surface area contributed by atoms with Gasteiger partial charge in [0.2, 0.25) is 0 Å². The first-order valence-corrected chi connectivity index (χ1v) is 5.69. The summed E-state index contributed by atoms with van der Waals surface area (Å²) in [6.45, 7) is 0. The number of carbonyl (C=O) groups is 1. The predicted molar refractivity (Wildman–Crippen MR) is 71.6 cm³/mol. The van der Waals surface area contributed by atoms with Gasteiger partial charge in [-0.05, 0) is 24.3 Å². The average Bonchev–Trinajstić information content (AvgIpc) is 2.48. The van der Waals surface area contributed by atoms with Crippen molar-refractivity contribution in [3.63, 3.8) is 0 Å². The molecule has 0 aliphatic carbocycles.